The van der Waals surface area contributed by atoms with Gasteiger partial charge in [-0.05, 0) is 41.8 Å². The Balaban J connectivity index is 1.80. The third-order valence-corrected chi connectivity index (χ3v) is 6.72. The number of rotatable bonds is 9. The minimum atomic E-state index is -4.57. The van der Waals surface area contributed by atoms with Crippen molar-refractivity contribution in [3.05, 3.63) is 45.6 Å². The first kappa shape index (κ1) is 29.9. The van der Waals surface area contributed by atoms with Crippen LogP contribution in [0.25, 0.3) is 0 Å². The molecule has 0 unspecified atom stereocenters. The van der Waals surface area contributed by atoms with Crippen molar-refractivity contribution in [3.8, 4) is 0 Å². The molecule has 38 heavy (non-hydrogen) atoms. The number of halogens is 4. The Labute approximate surface area is 228 Å². The van der Waals surface area contributed by atoms with Crippen molar-refractivity contribution in [1.82, 2.24) is 10.2 Å². The van der Waals surface area contributed by atoms with Crippen LogP contribution in [0.3, 0.4) is 0 Å². The van der Waals surface area contributed by atoms with E-state index in [2.05, 4.69) is 10.6 Å². The van der Waals surface area contributed by atoms with Gasteiger partial charge in [-0.25, -0.2) is 0 Å². The Morgan fingerprint density at radius 2 is 1.82 bits per heavy atom. The number of carbonyl (C=O) groups excluding carboxylic acids is 3. The number of morpholine rings is 1. The minimum absolute atomic E-state index is 0.0214. The molecule has 8 nitrogen and oxygen atoms in total. The molecule has 13 heteroatoms. The zero-order valence-corrected chi connectivity index (χ0v) is 22.8. The average Bonchev–Trinajstić information content (AvgIpc) is 3.24. The number of carbonyl (C=O) groups is 3. The second-order valence-corrected chi connectivity index (χ2v) is 11.8. The van der Waals surface area contributed by atoms with Crippen molar-refractivity contribution in [2.75, 3.05) is 49.6 Å². The van der Waals surface area contributed by atoms with E-state index in [1.165, 1.54) is 12.1 Å². The van der Waals surface area contributed by atoms with Crippen molar-refractivity contribution in [3.63, 3.8) is 0 Å². The van der Waals surface area contributed by atoms with Crippen LogP contribution < -0.4 is 15.5 Å². The molecule has 2 aromatic rings. The van der Waals surface area contributed by atoms with E-state index in [0.29, 0.717) is 28.9 Å². The number of hydrogen-bond acceptors (Lipinski definition) is 6. The molecule has 0 spiro atoms. The summed E-state index contributed by atoms with van der Waals surface area (Å²) in [7, 11) is 0. The molecular weight excluding hydrogens is 545 g/mol. The second-order valence-electron chi connectivity index (χ2n) is 10.0. The zero-order chi connectivity index (χ0) is 28.1. The summed E-state index contributed by atoms with van der Waals surface area (Å²) in [6.07, 6.45) is -4.57. The lowest BCUT2D eigenvalue weighted by molar-refractivity contribution is -0.156. The molecule has 3 rings (SSSR count). The van der Waals surface area contributed by atoms with E-state index in [-0.39, 0.29) is 30.5 Å². The van der Waals surface area contributed by atoms with Crippen molar-refractivity contribution in [2.24, 2.45) is 5.41 Å². The maximum atomic E-state index is 13.5. The van der Waals surface area contributed by atoms with Gasteiger partial charge < -0.3 is 20.3 Å². The summed E-state index contributed by atoms with van der Waals surface area (Å²) in [5.41, 5.74) is 0.381. The van der Waals surface area contributed by atoms with Crippen LogP contribution >= 0.6 is 22.9 Å². The van der Waals surface area contributed by atoms with E-state index < -0.39 is 36.0 Å². The van der Waals surface area contributed by atoms with Gasteiger partial charge in [0.05, 0.1) is 22.4 Å². The summed E-state index contributed by atoms with van der Waals surface area (Å²) in [5.74, 6) is -1.44. The highest BCUT2D eigenvalue weighted by atomic mass is 35.5. The number of nitrogens with zero attached hydrogens (tertiary/aromatic N) is 2. The van der Waals surface area contributed by atoms with E-state index in [0.717, 1.165) is 16.2 Å². The molecule has 0 radical (unpaired) electrons. The third kappa shape index (κ3) is 8.97. The van der Waals surface area contributed by atoms with Crippen LogP contribution in [0.4, 0.5) is 24.5 Å². The number of thiophene rings is 1. The lowest BCUT2D eigenvalue weighted by Gasteiger charge is -2.36. The van der Waals surface area contributed by atoms with Crippen molar-refractivity contribution in [2.45, 2.75) is 33.0 Å². The predicted octanol–water partition coefficient (Wildman–Crippen LogP) is 4.41. The van der Waals surface area contributed by atoms with E-state index in [4.69, 9.17) is 16.3 Å². The van der Waals surface area contributed by atoms with E-state index >= 15 is 0 Å². The highest BCUT2D eigenvalue weighted by Gasteiger charge is 2.38. The maximum absolute atomic E-state index is 13.5. The molecule has 1 aliphatic rings. The van der Waals surface area contributed by atoms with E-state index in [9.17, 15) is 27.6 Å². The lowest BCUT2D eigenvalue weighted by atomic mass is 9.95. The highest BCUT2D eigenvalue weighted by molar-refractivity contribution is 7.18. The van der Waals surface area contributed by atoms with Gasteiger partial charge in [-0.15, -0.1) is 11.3 Å². The summed E-state index contributed by atoms with van der Waals surface area (Å²) in [5, 5.41) is 5.23. The van der Waals surface area contributed by atoms with Crippen molar-refractivity contribution in [1.29, 1.82) is 0 Å². The maximum Gasteiger partial charge on any atom is 0.401 e. The minimum Gasteiger partial charge on any atom is -0.370 e. The van der Waals surface area contributed by atoms with Crippen molar-refractivity contribution < 1.29 is 32.3 Å². The van der Waals surface area contributed by atoms with Crippen LogP contribution in [0.1, 0.15) is 30.4 Å². The fraction of sp³-hybridized carbons (Fsp3) is 0.480. The highest BCUT2D eigenvalue weighted by Crippen LogP contribution is 2.25. The molecule has 1 aromatic carbocycles. The fourth-order valence-corrected chi connectivity index (χ4v) is 4.92. The first-order valence-electron chi connectivity index (χ1n) is 11.9. The summed E-state index contributed by atoms with van der Waals surface area (Å²) >= 11 is 6.91. The Hall–Kier alpha value is -2.67. The Morgan fingerprint density at radius 3 is 2.37 bits per heavy atom. The van der Waals surface area contributed by atoms with Crippen LogP contribution in [0.15, 0.2) is 36.4 Å². The van der Waals surface area contributed by atoms with Gasteiger partial charge in [0.25, 0.3) is 11.8 Å². The largest absolute Gasteiger partial charge is 0.401 e. The quantitative estimate of drug-likeness (QED) is 0.463. The molecule has 0 aliphatic carbocycles. The summed E-state index contributed by atoms with van der Waals surface area (Å²) in [6.45, 7) is 4.33. The second kappa shape index (κ2) is 12.5. The van der Waals surface area contributed by atoms with Gasteiger partial charge in [0.15, 0.2) is 0 Å². The van der Waals surface area contributed by atoms with Gasteiger partial charge in [-0.3, -0.25) is 19.3 Å². The molecule has 2 heterocycles. The summed E-state index contributed by atoms with van der Waals surface area (Å²) < 4.78 is 46.1. The predicted molar refractivity (Wildman–Crippen MR) is 141 cm³/mol. The Bertz CT molecular complexity index is 1120. The molecule has 208 valence electrons. The first-order chi connectivity index (χ1) is 17.7. The summed E-state index contributed by atoms with van der Waals surface area (Å²) in [4.78, 5) is 40.9. The summed E-state index contributed by atoms with van der Waals surface area (Å²) in [6, 6.07) is 8.12. The van der Waals surface area contributed by atoms with E-state index in [1.807, 2.05) is 0 Å². The normalized spacial score (nSPS) is 15.5. The lowest BCUT2D eigenvalue weighted by Crippen LogP contribution is -2.55. The van der Waals surface area contributed by atoms with Crippen LogP contribution in [0, 0.1) is 5.41 Å². The van der Waals surface area contributed by atoms with Crippen LogP contribution in [-0.4, -0.2) is 74.2 Å². The average molecular weight is 575 g/mol. The smallest absolute Gasteiger partial charge is 0.370 e. The van der Waals surface area contributed by atoms with Crippen LogP contribution in [-0.2, 0) is 14.3 Å². The zero-order valence-electron chi connectivity index (χ0n) is 21.2. The Morgan fingerprint density at radius 1 is 1.13 bits per heavy atom. The van der Waals surface area contributed by atoms with Crippen LogP contribution in [0.5, 0.6) is 0 Å². The van der Waals surface area contributed by atoms with Crippen LogP contribution in [0.2, 0.25) is 4.34 Å². The molecule has 0 saturated carbocycles. The number of anilines is 2. The molecule has 1 aromatic heterocycles. The molecule has 1 aliphatic heterocycles. The molecule has 2 N–H and O–H groups in total. The van der Waals surface area contributed by atoms with Gasteiger partial charge in [0, 0.05) is 31.0 Å². The molecule has 1 fully saturated rings. The standard InChI is InChI=1S/C25H30ClF3N4O4S/c1-24(2,3)14-32(15-25(27,28)29)18(12-30-23(36)19-8-9-20(26)38-19)22(35)31-16-4-6-17(7-5-16)33-10-11-37-13-21(33)34/h4-9,18H,10-15H2,1-3H3,(H,30,36)(H,31,35)/t18-/m0/s1. The third-order valence-electron chi connectivity index (χ3n) is 5.49. The van der Waals surface area contributed by atoms with Gasteiger partial charge in [0.2, 0.25) is 5.91 Å². The number of amides is 3. The van der Waals surface area contributed by atoms with Gasteiger partial charge in [-0.1, -0.05) is 32.4 Å². The molecule has 1 saturated heterocycles. The number of ether oxygens (including phenoxy) is 1. The van der Waals surface area contributed by atoms with Gasteiger partial charge >= 0.3 is 6.18 Å². The number of alkyl halides is 3. The number of benzene rings is 1. The molecule has 3 amide bonds. The first-order valence-corrected chi connectivity index (χ1v) is 13.0. The van der Waals surface area contributed by atoms with Gasteiger partial charge in [0.1, 0.15) is 12.6 Å². The van der Waals surface area contributed by atoms with Crippen molar-refractivity contribution >= 4 is 52.0 Å². The molecule has 0 bridgehead atoms. The molecular formula is C25H30ClF3N4O4S. The Kier molecular flexibility index (Phi) is 9.80. The monoisotopic (exact) mass is 574 g/mol. The SMILES string of the molecule is CC(C)(C)CN(CC(F)(F)F)[C@@H](CNC(=O)c1ccc(Cl)s1)C(=O)Nc1ccc(N2CCOCC2=O)cc1. The number of nitrogens with one attached hydrogen (secondary N) is 2. The number of hydrogen-bond donors (Lipinski definition) is 2. The van der Waals surface area contributed by atoms with Gasteiger partial charge in [-0.2, -0.15) is 13.2 Å². The van der Waals surface area contributed by atoms with E-state index in [1.54, 1.807) is 49.9 Å². The topological polar surface area (TPSA) is 91.0 Å². The fourth-order valence-electron chi connectivity index (χ4n) is 3.96. The molecule has 1 atom stereocenters.